The van der Waals surface area contributed by atoms with E-state index >= 15 is 0 Å². The number of aliphatic imine (C=N–C) groups is 1. The summed E-state index contributed by atoms with van der Waals surface area (Å²) < 4.78 is 1.83. The van der Waals surface area contributed by atoms with Crippen LogP contribution in [-0.4, -0.2) is 33.7 Å². The number of nitrogens with zero attached hydrogens (tertiary/aromatic N) is 4. The average molecular weight is 349 g/mol. The highest BCUT2D eigenvalue weighted by atomic mass is 127. The molecule has 2 rings (SSSR count). The number of likely N-dealkylation sites (tertiary alicyclic amines) is 1. The first kappa shape index (κ1) is 14.3. The van der Waals surface area contributed by atoms with Crippen LogP contribution in [0.4, 0.5) is 0 Å². The van der Waals surface area contributed by atoms with Gasteiger partial charge in [-0.3, -0.25) is 4.68 Å². The lowest BCUT2D eigenvalue weighted by Gasteiger charge is -2.27. The van der Waals surface area contributed by atoms with Gasteiger partial charge < -0.3 is 10.6 Å². The lowest BCUT2D eigenvalue weighted by atomic mass is 10.1. The zero-order valence-corrected chi connectivity index (χ0v) is 12.5. The third-order valence-electron chi connectivity index (χ3n) is 3.01. The number of nitrogens with two attached hydrogens (primary N) is 1. The first-order valence-corrected chi connectivity index (χ1v) is 5.79. The second-order valence-electron chi connectivity index (χ2n) is 4.17. The Hall–Kier alpha value is -0.790. The summed E-state index contributed by atoms with van der Waals surface area (Å²) in [4.78, 5) is 6.58. The largest absolute Gasteiger partial charge is 0.370 e. The van der Waals surface area contributed by atoms with Gasteiger partial charge in [0.05, 0.1) is 12.2 Å². The molecule has 0 atom stereocenters. The maximum atomic E-state index is 5.96. The van der Waals surface area contributed by atoms with E-state index in [9.17, 15) is 0 Å². The van der Waals surface area contributed by atoms with E-state index in [0.29, 0.717) is 12.5 Å². The highest BCUT2D eigenvalue weighted by Gasteiger charge is 2.11. The Morgan fingerprint density at radius 1 is 1.41 bits per heavy atom. The van der Waals surface area contributed by atoms with E-state index in [2.05, 4.69) is 15.0 Å². The Morgan fingerprint density at radius 3 is 2.71 bits per heavy atom. The SMILES string of the molecule is Cn1nccc1CN=C(N)N1CCCCC1.I. The van der Waals surface area contributed by atoms with Gasteiger partial charge in [0.2, 0.25) is 0 Å². The van der Waals surface area contributed by atoms with Crippen molar-refractivity contribution in [2.45, 2.75) is 25.8 Å². The number of aryl methyl sites for hydroxylation is 1. The third kappa shape index (κ3) is 3.86. The molecule has 0 aromatic carbocycles. The molecule has 0 aliphatic carbocycles. The average Bonchev–Trinajstić information content (AvgIpc) is 2.73. The van der Waals surface area contributed by atoms with E-state index in [4.69, 9.17) is 5.73 Å². The molecule has 0 spiro atoms. The van der Waals surface area contributed by atoms with Gasteiger partial charge in [-0.15, -0.1) is 24.0 Å². The predicted molar refractivity (Wildman–Crippen MR) is 79.4 cm³/mol. The first-order valence-electron chi connectivity index (χ1n) is 5.79. The van der Waals surface area contributed by atoms with Crippen molar-refractivity contribution < 1.29 is 0 Å². The van der Waals surface area contributed by atoms with E-state index < -0.39 is 0 Å². The summed E-state index contributed by atoms with van der Waals surface area (Å²) in [7, 11) is 1.92. The van der Waals surface area contributed by atoms with Gasteiger partial charge in [0.1, 0.15) is 0 Å². The van der Waals surface area contributed by atoms with Gasteiger partial charge in [0.15, 0.2) is 5.96 Å². The number of aromatic nitrogens is 2. The van der Waals surface area contributed by atoms with Crippen LogP contribution in [0.15, 0.2) is 17.3 Å². The van der Waals surface area contributed by atoms with E-state index in [1.807, 2.05) is 17.8 Å². The minimum atomic E-state index is 0. The normalized spacial score (nSPS) is 16.8. The van der Waals surface area contributed by atoms with Crippen molar-refractivity contribution in [2.75, 3.05) is 13.1 Å². The van der Waals surface area contributed by atoms with E-state index in [1.54, 1.807) is 6.20 Å². The fourth-order valence-electron chi connectivity index (χ4n) is 1.94. The summed E-state index contributed by atoms with van der Waals surface area (Å²) in [6.45, 7) is 2.69. The predicted octanol–water partition coefficient (Wildman–Crippen LogP) is 1.34. The monoisotopic (exact) mass is 349 g/mol. The van der Waals surface area contributed by atoms with Gasteiger partial charge in [-0.25, -0.2) is 4.99 Å². The Labute approximate surface area is 119 Å². The molecule has 2 heterocycles. The highest BCUT2D eigenvalue weighted by Crippen LogP contribution is 2.08. The fraction of sp³-hybridized carbons (Fsp3) is 0.636. The second-order valence-corrected chi connectivity index (χ2v) is 4.17. The Balaban J connectivity index is 0.00000144. The molecule has 1 aliphatic heterocycles. The van der Waals surface area contributed by atoms with Crippen LogP contribution >= 0.6 is 24.0 Å². The van der Waals surface area contributed by atoms with Crippen molar-refractivity contribution in [2.24, 2.45) is 17.8 Å². The number of halogens is 1. The number of hydrogen-bond donors (Lipinski definition) is 1. The van der Waals surface area contributed by atoms with Gasteiger partial charge >= 0.3 is 0 Å². The molecule has 1 aromatic heterocycles. The Kier molecular flexibility index (Phi) is 5.73. The lowest BCUT2D eigenvalue weighted by Crippen LogP contribution is -2.40. The maximum absolute atomic E-state index is 5.96. The van der Waals surface area contributed by atoms with Crippen molar-refractivity contribution in [1.29, 1.82) is 0 Å². The van der Waals surface area contributed by atoms with Crippen LogP contribution in [0.25, 0.3) is 0 Å². The van der Waals surface area contributed by atoms with Gasteiger partial charge in [0, 0.05) is 26.3 Å². The van der Waals surface area contributed by atoms with Crippen molar-refractivity contribution in [3.63, 3.8) is 0 Å². The molecule has 1 saturated heterocycles. The van der Waals surface area contributed by atoms with E-state index in [1.165, 1.54) is 19.3 Å². The molecular formula is C11H20IN5. The maximum Gasteiger partial charge on any atom is 0.191 e. The van der Waals surface area contributed by atoms with Crippen LogP contribution in [0, 0.1) is 0 Å². The summed E-state index contributed by atoms with van der Waals surface area (Å²) >= 11 is 0. The molecule has 0 unspecified atom stereocenters. The van der Waals surface area contributed by atoms with Crippen molar-refractivity contribution in [3.05, 3.63) is 18.0 Å². The minimum absolute atomic E-state index is 0. The molecule has 17 heavy (non-hydrogen) atoms. The highest BCUT2D eigenvalue weighted by molar-refractivity contribution is 14.0. The van der Waals surface area contributed by atoms with Gasteiger partial charge in [-0.1, -0.05) is 0 Å². The van der Waals surface area contributed by atoms with Crippen molar-refractivity contribution in [1.82, 2.24) is 14.7 Å². The summed E-state index contributed by atoms with van der Waals surface area (Å²) in [5, 5.41) is 4.10. The van der Waals surface area contributed by atoms with E-state index in [0.717, 1.165) is 18.8 Å². The van der Waals surface area contributed by atoms with E-state index in [-0.39, 0.29) is 24.0 Å². The molecule has 0 saturated carbocycles. The van der Waals surface area contributed by atoms with Crippen LogP contribution in [0.5, 0.6) is 0 Å². The number of guanidine groups is 1. The molecule has 1 aliphatic rings. The zero-order chi connectivity index (χ0) is 11.4. The van der Waals surface area contributed by atoms with Crippen LogP contribution < -0.4 is 5.73 Å². The molecule has 96 valence electrons. The van der Waals surface area contributed by atoms with Crippen LogP contribution in [-0.2, 0) is 13.6 Å². The zero-order valence-electron chi connectivity index (χ0n) is 10.2. The van der Waals surface area contributed by atoms with Crippen LogP contribution in [0.2, 0.25) is 0 Å². The Morgan fingerprint density at radius 2 is 2.12 bits per heavy atom. The van der Waals surface area contributed by atoms with Crippen molar-refractivity contribution in [3.8, 4) is 0 Å². The number of piperidine rings is 1. The molecule has 0 radical (unpaired) electrons. The summed E-state index contributed by atoms with van der Waals surface area (Å²) in [5.74, 6) is 0.668. The molecule has 0 amide bonds. The minimum Gasteiger partial charge on any atom is -0.370 e. The van der Waals surface area contributed by atoms with Gasteiger partial charge in [-0.05, 0) is 25.3 Å². The molecule has 2 N–H and O–H groups in total. The Bertz CT molecular complexity index is 368. The van der Waals surface area contributed by atoms with Crippen LogP contribution in [0.1, 0.15) is 25.0 Å². The third-order valence-corrected chi connectivity index (χ3v) is 3.01. The summed E-state index contributed by atoms with van der Waals surface area (Å²) in [6.07, 6.45) is 5.54. The molecular weight excluding hydrogens is 329 g/mol. The molecule has 6 heteroatoms. The van der Waals surface area contributed by atoms with Gasteiger partial charge in [-0.2, -0.15) is 5.10 Å². The standard InChI is InChI=1S/C11H19N5.HI/c1-15-10(5-6-14-15)9-13-11(12)16-7-3-2-4-8-16;/h5-6H,2-4,7-9H2,1H3,(H2,12,13);1H. The molecule has 0 bridgehead atoms. The lowest BCUT2D eigenvalue weighted by molar-refractivity contribution is 0.338. The number of hydrogen-bond acceptors (Lipinski definition) is 2. The quantitative estimate of drug-likeness (QED) is 0.498. The summed E-state index contributed by atoms with van der Waals surface area (Å²) in [5.41, 5.74) is 7.04. The molecule has 1 fully saturated rings. The molecule has 1 aromatic rings. The summed E-state index contributed by atoms with van der Waals surface area (Å²) in [6, 6.07) is 1.97. The second kappa shape index (κ2) is 6.83. The van der Waals surface area contributed by atoms with Crippen molar-refractivity contribution >= 4 is 29.9 Å². The molecule has 5 nitrogen and oxygen atoms in total. The topological polar surface area (TPSA) is 59.4 Å². The van der Waals surface area contributed by atoms with Crippen LogP contribution in [0.3, 0.4) is 0 Å². The number of rotatable bonds is 2. The fourth-order valence-corrected chi connectivity index (χ4v) is 1.94. The first-order chi connectivity index (χ1) is 7.77. The smallest absolute Gasteiger partial charge is 0.191 e. The van der Waals surface area contributed by atoms with Gasteiger partial charge in [0.25, 0.3) is 0 Å².